The average molecular weight is 378 g/mol. The van der Waals surface area contributed by atoms with E-state index in [-0.39, 0.29) is 12.3 Å². The summed E-state index contributed by atoms with van der Waals surface area (Å²) in [4.78, 5) is 14.9. The maximum atomic E-state index is 14.2. The van der Waals surface area contributed by atoms with E-state index in [2.05, 4.69) is 35.6 Å². The van der Waals surface area contributed by atoms with E-state index in [1.54, 1.807) is 0 Å². The van der Waals surface area contributed by atoms with Gasteiger partial charge in [0.25, 0.3) is 0 Å². The quantitative estimate of drug-likeness (QED) is 0.824. The van der Waals surface area contributed by atoms with Crippen LogP contribution >= 0.6 is 0 Å². The molecule has 0 unspecified atom stereocenters. The second-order valence-corrected chi connectivity index (χ2v) is 8.57. The number of carbonyl (C=O) groups excluding carboxylic acids is 1. The molecule has 0 spiro atoms. The zero-order chi connectivity index (χ0) is 19.1. The van der Waals surface area contributed by atoms with Crippen molar-refractivity contribution in [3.63, 3.8) is 0 Å². The Morgan fingerprint density at radius 3 is 2.71 bits per heavy atom. The van der Waals surface area contributed by atoms with Crippen LogP contribution in [0.2, 0.25) is 0 Å². The van der Waals surface area contributed by atoms with Crippen LogP contribution in [0.1, 0.15) is 53.9 Å². The number of aryl methyl sites for hydroxylation is 1. The van der Waals surface area contributed by atoms with Crippen molar-refractivity contribution < 1.29 is 9.18 Å². The first-order chi connectivity index (χ1) is 13.7. The van der Waals surface area contributed by atoms with Gasteiger partial charge in [0.15, 0.2) is 0 Å². The number of alkyl halides is 1. The normalized spacial score (nSPS) is 24.3. The minimum absolute atomic E-state index is 0.0908. The molecule has 3 nitrogen and oxygen atoms in total. The fraction of sp³-hybridized carbons (Fsp3) is 0.458. The van der Waals surface area contributed by atoms with Gasteiger partial charge in [-0.2, -0.15) is 0 Å². The van der Waals surface area contributed by atoms with Gasteiger partial charge < -0.3 is 5.32 Å². The lowest BCUT2D eigenvalue weighted by Gasteiger charge is -2.24. The first kappa shape index (κ1) is 17.9. The summed E-state index contributed by atoms with van der Waals surface area (Å²) in [6, 6.07) is 14.2. The summed E-state index contributed by atoms with van der Waals surface area (Å²) in [7, 11) is 0. The highest BCUT2D eigenvalue weighted by Crippen LogP contribution is 2.40. The second kappa shape index (κ2) is 7.32. The SMILES string of the molecule is O=C(Nc1ccc(C2CC2)cc1)[C@H]1C[C@H](F)CN1Cc1cccc2c1CCC2. The van der Waals surface area contributed by atoms with Crippen molar-refractivity contribution in [3.8, 4) is 0 Å². The highest BCUT2D eigenvalue weighted by Gasteiger charge is 2.37. The van der Waals surface area contributed by atoms with E-state index in [9.17, 15) is 9.18 Å². The molecule has 2 fully saturated rings. The third-order valence-corrected chi connectivity index (χ3v) is 6.50. The van der Waals surface area contributed by atoms with Crippen molar-refractivity contribution in [1.82, 2.24) is 4.90 Å². The van der Waals surface area contributed by atoms with E-state index in [1.807, 2.05) is 17.0 Å². The van der Waals surface area contributed by atoms with Crippen LogP contribution in [0.4, 0.5) is 10.1 Å². The van der Waals surface area contributed by atoms with Crippen LogP contribution in [0, 0.1) is 0 Å². The molecule has 28 heavy (non-hydrogen) atoms. The number of rotatable bonds is 5. The summed E-state index contributed by atoms with van der Waals surface area (Å²) in [6.07, 6.45) is 5.30. The summed E-state index contributed by atoms with van der Waals surface area (Å²) in [5, 5.41) is 3.01. The standard InChI is InChI=1S/C24H27FN2O/c25-20-13-23(24(28)26-21-11-9-17(10-12-21)16-7-8-16)27(15-20)14-19-5-1-3-18-4-2-6-22(18)19/h1,3,5,9-12,16,20,23H,2,4,6-8,13-15H2,(H,26,28)/t20-,23+/m0/s1. The smallest absolute Gasteiger partial charge is 0.241 e. The Kier molecular flexibility index (Phi) is 4.67. The maximum Gasteiger partial charge on any atom is 0.241 e. The monoisotopic (exact) mass is 378 g/mol. The van der Waals surface area contributed by atoms with E-state index in [0.717, 1.165) is 18.5 Å². The highest BCUT2D eigenvalue weighted by atomic mass is 19.1. The predicted molar refractivity (Wildman–Crippen MR) is 109 cm³/mol. The summed E-state index contributed by atoms with van der Waals surface area (Å²) < 4.78 is 14.2. The molecule has 1 amide bonds. The molecule has 5 rings (SSSR count). The number of hydrogen-bond acceptors (Lipinski definition) is 2. The molecule has 4 heteroatoms. The lowest BCUT2D eigenvalue weighted by atomic mass is 10.0. The van der Waals surface area contributed by atoms with Crippen LogP contribution in [0.5, 0.6) is 0 Å². The van der Waals surface area contributed by atoms with Gasteiger partial charge in [0.1, 0.15) is 6.17 Å². The number of hydrogen-bond donors (Lipinski definition) is 1. The van der Waals surface area contributed by atoms with Crippen LogP contribution in [0.25, 0.3) is 0 Å². The van der Waals surface area contributed by atoms with Gasteiger partial charge in [-0.3, -0.25) is 9.69 Å². The van der Waals surface area contributed by atoms with Crippen LogP contribution in [-0.4, -0.2) is 29.6 Å². The topological polar surface area (TPSA) is 32.3 Å². The number of halogens is 1. The van der Waals surface area contributed by atoms with Gasteiger partial charge in [-0.1, -0.05) is 30.3 Å². The van der Waals surface area contributed by atoms with E-state index in [0.29, 0.717) is 19.0 Å². The molecule has 3 aliphatic rings. The molecule has 1 N–H and O–H groups in total. The third-order valence-electron chi connectivity index (χ3n) is 6.50. The molecular formula is C24H27FN2O. The number of likely N-dealkylation sites (tertiary alicyclic amines) is 1. The largest absolute Gasteiger partial charge is 0.325 e. The number of nitrogens with one attached hydrogen (secondary N) is 1. The van der Waals surface area contributed by atoms with Crippen LogP contribution in [-0.2, 0) is 24.2 Å². The Bertz CT molecular complexity index is 875. The summed E-state index contributed by atoms with van der Waals surface area (Å²) >= 11 is 0. The lowest BCUT2D eigenvalue weighted by Crippen LogP contribution is -2.39. The zero-order valence-electron chi connectivity index (χ0n) is 16.2. The molecule has 0 bridgehead atoms. The Balaban J connectivity index is 1.29. The van der Waals surface area contributed by atoms with Gasteiger partial charge in [-0.15, -0.1) is 0 Å². The summed E-state index contributed by atoms with van der Waals surface area (Å²) in [5.41, 5.74) is 6.25. The number of fused-ring (bicyclic) bond motifs is 1. The van der Waals surface area contributed by atoms with Gasteiger partial charge in [0.05, 0.1) is 6.04 Å². The van der Waals surface area contributed by atoms with Crippen molar-refractivity contribution in [1.29, 1.82) is 0 Å². The number of carbonyl (C=O) groups is 1. The van der Waals surface area contributed by atoms with E-state index in [4.69, 9.17) is 0 Å². The maximum absolute atomic E-state index is 14.2. The molecule has 2 aromatic carbocycles. The minimum atomic E-state index is -0.940. The first-order valence-corrected chi connectivity index (χ1v) is 10.6. The fourth-order valence-electron chi connectivity index (χ4n) is 4.84. The van der Waals surface area contributed by atoms with Gasteiger partial charge in [-0.25, -0.2) is 4.39 Å². The van der Waals surface area contributed by atoms with Crippen molar-refractivity contribution in [2.24, 2.45) is 0 Å². The van der Waals surface area contributed by atoms with Gasteiger partial charge >= 0.3 is 0 Å². The Morgan fingerprint density at radius 2 is 1.93 bits per heavy atom. The van der Waals surface area contributed by atoms with Crippen molar-refractivity contribution in [2.75, 3.05) is 11.9 Å². The van der Waals surface area contributed by atoms with Crippen LogP contribution < -0.4 is 5.32 Å². The number of benzene rings is 2. The number of nitrogens with zero attached hydrogens (tertiary/aromatic N) is 1. The van der Waals surface area contributed by atoms with Crippen molar-refractivity contribution >= 4 is 11.6 Å². The van der Waals surface area contributed by atoms with Gasteiger partial charge in [0, 0.05) is 25.2 Å². The first-order valence-electron chi connectivity index (χ1n) is 10.6. The van der Waals surface area contributed by atoms with E-state index >= 15 is 0 Å². The molecule has 146 valence electrons. The van der Waals surface area contributed by atoms with Crippen molar-refractivity contribution in [2.45, 2.75) is 63.2 Å². The highest BCUT2D eigenvalue weighted by molar-refractivity contribution is 5.95. The number of anilines is 1. The fourth-order valence-corrected chi connectivity index (χ4v) is 4.84. The molecular weight excluding hydrogens is 351 g/mol. The Labute approximate surface area is 165 Å². The summed E-state index contributed by atoms with van der Waals surface area (Å²) in [6.45, 7) is 0.991. The lowest BCUT2D eigenvalue weighted by molar-refractivity contribution is -0.120. The molecule has 0 aromatic heterocycles. The second-order valence-electron chi connectivity index (χ2n) is 8.57. The van der Waals surface area contributed by atoms with Gasteiger partial charge in [-0.05, 0) is 72.4 Å². The third kappa shape index (κ3) is 3.58. The average Bonchev–Trinajstić information content (AvgIpc) is 3.31. The molecule has 2 atom stereocenters. The molecule has 1 heterocycles. The zero-order valence-corrected chi connectivity index (χ0v) is 16.2. The van der Waals surface area contributed by atoms with Gasteiger partial charge in [0.2, 0.25) is 5.91 Å². The molecule has 1 saturated heterocycles. The van der Waals surface area contributed by atoms with Crippen molar-refractivity contribution in [3.05, 3.63) is 64.7 Å². The van der Waals surface area contributed by atoms with E-state index in [1.165, 1.54) is 41.5 Å². The Hall–Kier alpha value is -2.20. The predicted octanol–water partition coefficient (Wildman–Crippen LogP) is 4.60. The van der Waals surface area contributed by atoms with Crippen LogP contribution in [0.15, 0.2) is 42.5 Å². The molecule has 1 aliphatic heterocycles. The van der Waals surface area contributed by atoms with Crippen LogP contribution in [0.3, 0.4) is 0 Å². The minimum Gasteiger partial charge on any atom is -0.325 e. The molecule has 2 aromatic rings. The van der Waals surface area contributed by atoms with E-state index < -0.39 is 12.2 Å². The number of amides is 1. The molecule has 0 radical (unpaired) electrons. The Morgan fingerprint density at radius 1 is 1.11 bits per heavy atom. The molecule has 1 saturated carbocycles. The molecule has 2 aliphatic carbocycles. The summed E-state index contributed by atoms with van der Waals surface area (Å²) in [5.74, 6) is 0.613.